The first-order valence-electron chi connectivity index (χ1n) is 10.4. The van der Waals surface area contributed by atoms with Crippen molar-refractivity contribution in [1.29, 1.82) is 0 Å². The fourth-order valence-corrected chi connectivity index (χ4v) is 4.57. The van der Waals surface area contributed by atoms with E-state index in [0.29, 0.717) is 18.0 Å². The van der Waals surface area contributed by atoms with E-state index in [2.05, 4.69) is 5.32 Å². The van der Waals surface area contributed by atoms with Gasteiger partial charge in [0.15, 0.2) is 0 Å². The minimum Gasteiger partial charge on any atom is -0.494 e. The number of nitrogens with one attached hydrogen (secondary N) is 1. The Morgan fingerprint density at radius 2 is 1.75 bits per heavy atom. The van der Waals surface area contributed by atoms with Gasteiger partial charge in [-0.3, -0.25) is 14.5 Å². The van der Waals surface area contributed by atoms with Crippen molar-refractivity contribution in [2.24, 2.45) is 0 Å². The molecule has 2 aromatic rings. The standard InChI is InChI=1S/C23H29N3O5S/c1-5-31-20-12-10-19(11-13-20)26-21(27)15-25(32(4,29)30)16-23(26,3)22(28)24-14-18-8-6-17(2)7-9-18/h6-13H,5,14-16H2,1-4H3,(H,24,28)/t23-/m1/s1. The number of rotatable bonds is 7. The van der Waals surface area contributed by atoms with Crippen LogP contribution in [0.5, 0.6) is 5.75 Å². The summed E-state index contributed by atoms with van der Waals surface area (Å²) in [5, 5.41) is 2.87. The molecule has 0 spiro atoms. The van der Waals surface area contributed by atoms with Gasteiger partial charge in [-0.1, -0.05) is 29.8 Å². The van der Waals surface area contributed by atoms with Crippen LogP contribution in [0.1, 0.15) is 25.0 Å². The predicted octanol–water partition coefficient (Wildman–Crippen LogP) is 2.08. The summed E-state index contributed by atoms with van der Waals surface area (Å²) in [4.78, 5) is 27.9. The van der Waals surface area contributed by atoms with Crippen molar-refractivity contribution in [1.82, 2.24) is 9.62 Å². The van der Waals surface area contributed by atoms with E-state index in [0.717, 1.165) is 21.7 Å². The number of hydrogen-bond acceptors (Lipinski definition) is 5. The summed E-state index contributed by atoms with van der Waals surface area (Å²) in [6, 6.07) is 14.6. The zero-order valence-corrected chi connectivity index (χ0v) is 19.6. The Morgan fingerprint density at radius 3 is 2.31 bits per heavy atom. The van der Waals surface area contributed by atoms with E-state index in [9.17, 15) is 18.0 Å². The minimum atomic E-state index is -3.67. The van der Waals surface area contributed by atoms with E-state index in [-0.39, 0.29) is 19.6 Å². The highest BCUT2D eigenvalue weighted by molar-refractivity contribution is 7.88. The van der Waals surface area contributed by atoms with Crippen LogP contribution >= 0.6 is 0 Å². The number of nitrogens with zero attached hydrogens (tertiary/aromatic N) is 2. The average molecular weight is 460 g/mol. The summed E-state index contributed by atoms with van der Waals surface area (Å²) >= 11 is 0. The van der Waals surface area contributed by atoms with Crippen molar-refractivity contribution in [3.05, 3.63) is 59.7 Å². The lowest BCUT2D eigenvalue weighted by Crippen LogP contribution is -2.70. The molecule has 1 saturated heterocycles. The van der Waals surface area contributed by atoms with E-state index in [1.54, 1.807) is 31.2 Å². The Labute approximate surface area is 189 Å². The number of hydrogen-bond donors (Lipinski definition) is 1. The molecule has 0 radical (unpaired) electrons. The number of anilines is 1. The zero-order valence-electron chi connectivity index (χ0n) is 18.8. The van der Waals surface area contributed by atoms with Gasteiger partial charge >= 0.3 is 0 Å². The van der Waals surface area contributed by atoms with Gasteiger partial charge in [0.2, 0.25) is 21.8 Å². The van der Waals surface area contributed by atoms with E-state index in [4.69, 9.17) is 4.74 Å². The second-order valence-corrected chi connectivity index (χ2v) is 10.1. The number of aryl methyl sites for hydroxylation is 1. The Bertz CT molecular complexity index is 1080. The fraction of sp³-hybridized carbons (Fsp3) is 0.391. The highest BCUT2D eigenvalue weighted by Crippen LogP contribution is 2.31. The Morgan fingerprint density at radius 1 is 1.12 bits per heavy atom. The first kappa shape index (κ1) is 23.7. The summed E-state index contributed by atoms with van der Waals surface area (Å²) in [5.74, 6) is -0.267. The van der Waals surface area contributed by atoms with Crippen LogP contribution in [0.25, 0.3) is 0 Å². The van der Waals surface area contributed by atoms with Crippen LogP contribution in [0.15, 0.2) is 48.5 Å². The number of amides is 2. The largest absolute Gasteiger partial charge is 0.494 e. The number of ether oxygens (including phenoxy) is 1. The minimum absolute atomic E-state index is 0.148. The maximum atomic E-state index is 13.4. The molecule has 1 aliphatic heterocycles. The molecular formula is C23H29N3O5S. The molecule has 0 unspecified atom stereocenters. The Hall–Kier alpha value is -2.91. The molecule has 1 atom stereocenters. The van der Waals surface area contributed by atoms with Crippen molar-refractivity contribution in [3.63, 3.8) is 0 Å². The lowest BCUT2D eigenvalue weighted by Gasteiger charge is -2.46. The molecule has 1 N–H and O–H groups in total. The molecule has 3 rings (SSSR count). The zero-order chi connectivity index (χ0) is 23.5. The summed E-state index contributed by atoms with van der Waals surface area (Å²) in [6.07, 6.45) is 1.04. The Kier molecular flexibility index (Phi) is 6.90. The number of benzene rings is 2. The van der Waals surface area contributed by atoms with Crippen LogP contribution in [0, 0.1) is 6.92 Å². The molecule has 9 heteroatoms. The molecule has 0 aliphatic carbocycles. The molecule has 1 aliphatic rings. The van der Waals surface area contributed by atoms with Crippen LogP contribution in [0.3, 0.4) is 0 Å². The third-order valence-electron chi connectivity index (χ3n) is 5.48. The molecule has 32 heavy (non-hydrogen) atoms. The van der Waals surface area contributed by atoms with Gasteiger partial charge in [-0.2, -0.15) is 4.31 Å². The summed E-state index contributed by atoms with van der Waals surface area (Å²) in [7, 11) is -3.67. The van der Waals surface area contributed by atoms with Gasteiger partial charge < -0.3 is 10.1 Å². The SMILES string of the molecule is CCOc1ccc(N2C(=O)CN(S(C)(=O)=O)C[C@]2(C)C(=O)NCc2ccc(C)cc2)cc1. The number of carbonyl (C=O) groups is 2. The van der Waals surface area contributed by atoms with E-state index in [1.165, 1.54) is 4.90 Å². The van der Waals surface area contributed by atoms with Crippen LogP contribution in [-0.2, 0) is 26.2 Å². The molecular weight excluding hydrogens is 430 g/mol. The molecule has 2 aromatic carbocycles. The molecule has 0 saturated carbocycles. The maximum absolute atomic E-state index is 13.4. The second-order valence-electron chi connectivity index (χ2n) is 8.13. The normalized spacial score (nSPS) is 19.6. The van der Waals surface area contributed by atoms with Gasteiger partial charge in [-0.25, -0.2) is 8.42 Å². The van der Waals surface area contributed by atoms with Crippen molar-refractivity contribution >= 4 is 27.5 Å². The first-order chi connectivity index (χ1) is 15.0. The third-order valence-corrected chi connectivity index (χ3v) is 6.67. The molecule has 1 fully saturated rings. The monoisotopic (exact) mass is 459 g/mol. The van der Waals surface area contributed by atoms with Crippen molar-refractivity contribution in [3.8, 4) is 5.75 Å². The van der Waals surface area contributed by atoms with Crippen LogP contribution in [-0.4, -0.2) is 56.0 Å². The van der Waals surface area contributed by atoms with Gasteiger partial charge in [0.25, 0.3) is 0 Å². The highest BCUT2D eigenvalue weighted by Gasteiger charge is 2.50. The van der Waals surface area contributed by atoms with Crippen molar-refractivity contribution in [2.45, 2.75) is 32.9 Å². The first-order valence-corrected chi connectivity index (χ1v) is 12.2. The maximum Gasteiger partial charge on any atom is 0.247 e. The van der Waals surface area contributed by atoms with Crippen LogP contribution in [0.2, 0.25) is 0 Å². The highest BCUT2D eigenvalue weighted by atomic mass is 32.2. The average Bonchev–Trinajstić information content (AvgIpc) is 2.73. The molecule has 8 nitrogen and oxygen atoms in total. The van der Waals surface area contributed by atoms with Gasteiger partial charge in [0, 0.05) is 18.8 Å². The van der Waals surface area contributed by atoms with Gasteiger partial charge in [-0.05, 0) is 50.6 Å². The quantitative estimate of drug-likeness (QED) is 0.684. The second kappa shape index (κ2) is 9.30. The van der Waals surface area contributed by atoms with E-state index >= 15 is 0 Å². The van der Waals surface area contributed by atoms with Crippen molar-refractivity contribution < 1.29 is 22.7 Å². The third kappa shape index (κ3) is 5.11. The van der Waals surface area contributed by atoms with Crippen molar-refractivity contribution in [2.75, 3.05) is 30.9 Å². The molecule has 0 bridgehead atoms. The number of sulfonamides is 1. The van der Waals surface area contributed by atoms with Gasteiger partial charge in [0.05, 0.1) is 19.4 Å². The molecule has 1 heterocycles. The summed E-state index contributed by atoms with van der Waals surface area (Å²) in [5.41, 5.74) is 1.08. The lowest BCUT2D eigenvalue weighted by atomic mass is 9.94. The molecule has 172 valence electrons. The fourth-order valence-electron chi connectivity index (χ4n) is 3.74. The lowest BCUT2D eigenvalue weighted by molar-refractivity contribution is -0.133. The summed E-state index contributed by atoms with van der Waals surface area (Å²) < 4.78 is 30.9. The summed E-state index contributed by atoms with van der Waals surface area (Å²) in [6.45, 7) is 5.73. The van der Waals surface area contributed by atoms with Crippen LogP contribution in [0.4, 0.5) is 5.69 Å². The topological polar surface area (TPSA) is 96.0 Å². The smallest absolute Gasteiger partial charge is 0.247 e. The van der Waals surface area contributed by atoms with Crippen LogP contribution < -0.4 is 15.0 Å². The van der Waals surface area contributed by atoms with Gasteiger partial charge in [0.1, 0.15) is 11.3 Å². The van der Waals surface area contributed by atoms with Gasteiger partial charge in [-0.15, -0.1) is 0 Å². The number of carbonyl (C=O) groups excluding carboxylic acids is 2. The number of piperazine rings is 1. The Balaban J connectivity index is 1.92. The van der Waals surface area contributed by atoms with E-state index in [1.807, 2.05) is 38.1 Å². The predicted molar refractivity (Wildman–Crippen MR) is 123 cm³/mol. The molecule has 2 amide bonds. The molecule has 0 aromatic heterocycles. The van der Waals surface area contributed by atoms with E-state index < -0.39 is 27.4 Å².